The van der Waals surface area contributed by atoms with E-state index in [0.29, 0.717) is 17.4 Å². The van der Waals surface area contributed by atoms with Crippen LogP contribution in [0.4, 0.5) is 0 Å². The van der Waals surface area contributed by atoms with Gasteiger partial charge in [0.2, 0.25) is 0 Å². The van der Waals surface area contributed by atoms with E-state index in [4.69, 9.17) is 4.74 Å². The zero-order chi connectivity index (χ0) is 19.0. The van der Waals surface area contributed by atoms with Crippen molar-refractivity contribution in [2.24, 2.45) is 23.2 Å². The molecule has 0 aromatic heterocycles. The van der Waals surface area contributed by atoms with Gasteiger partial charge in [-0.25, -0.2) is 4.79 Å². The van der Waals surface area contributed by atoms with Gasteiger partial charge in [-0.15, -0.1) is 0 Å². The van der Waals surface area contributed by atoms with Crippen molar-refractivity contribution >= 4 is 18.2 Å². The highest BCUT2D eigenvalue weighted by Gasteiger charge is 2.53. The number of hydrogen-bond donors (Lipinski definition) is 1. The summed E-state index contributed by atoms with van der Waals surface area (Å²) in [5.41, 5.74) is 1.07. The molecule has 0 unspecified atom stereocenters. The van der Waals surface area contributed by atoms with Gasteiger partial charge in [0.05, 0.1) is 5.56 Å². The molecule has 4 bridgehead atoms. The van der Waals surface area contributed by atoms with Gasteiger partial charge < -0.3 is 10.1 Å². The highest BCUT2D eigenvalue weighted by atomic mass is 16.5. The maximum Gasteiger partial charge on any atom is 0.338 e. The van der Waals surface area contributed by atoms with Crippen LogP contribution in [-0.2, 0) is 9.53 Å². The zero-order valence-corrected chi connectivity index (χ0v) is 15.8. The van der Waals surface area contributed by atoms with Crippen molar-refractivity contribution in [3.05, 3.63) is 35.4 Å². The fraction of sp³-hybridized carbons (Fsp3) is 0.591. The quantitative estimate of drug-likeness (QED) is 0.616. The van der Waals surface area contributed by atoms with Crippen molar-refractivity contribution < 1.29 is 19.1 Å². The van der Waals surface area contributed by atoms with Gasteiger partial charge in [-0.3, -0.25) is 9.59 Å². The first-order valence-electron chi connectivity index (χ1n) is 9.99. The minimum Gasteiger partial charge on any atom is -0.452 e. The van der Waals surface area contributed by atoms with Crippen molar-refractivity contribution in [2.45, 2.75) is 51.5 Å². The van der Waals surface area contributed by atoms with Crippen molar-refractivity contribution in [1.29, 1.82) is 0 Å². The van der Waals surface area contributed by atoms with Crippen LogP contribution in [0.15, 0.2) is 24.3 Å². The number of hydrogen-bond acceptors (Lipinski definition) is 4. The molecule has 0 aliphatic heterocycles. The molecule has 4 saturated carbocycles. The molecule has 1 aromatic carbocycles. The maximum absolute atomic E-state index is 12.3. The molecule has 5 heteroatoms. The summed E-state index contributed by atoms with van der Waals surface area (Å²) in [6.07, 6.45) is 8.52. The molecule has 0 spiro atoms. The second-order valence-corrected chi connectivity index (χ2v) is 8.89. The van der Waals surface area contributed by atoms with Crippen LogP contribution < -0.4 is 5.32 Å². The summed E-state index contributed by atoms with van der Waals surface area (Å²) >= 11 is 0. The van der Waals surface area contributed by atoms with Gasteiger partial charge in [-0.2, -0.15) is 0 Å². The van der Waals surface area contributed by atoms with Gasteiger partial charge in [-0.1, -0.05) is 12.1 Å². The van der Waals surface area contributed by atoms with Crippen LogP contribution in [0, 0.1) is 23.2 Å². The lowest BCUT2D eigenvalue weighted by Crippen LogP contribution is -2.56. The molecule has 4 aliphatic carbocycles. The lowest BCUT2D eigenvalue weighted by molar-refractivity contribution is -0.128. The number of esters is 1. The first kappa shape index (κ1) is 18.2. The normalized spacial score (nSPS) is 32.0. The van der Waals surface area contributed by atoms with Crippen LogP contribution >= 0.6 is 0 Å². The molecule has 4 fully saturated rings. The molecule has 5 nitrogen and oxygen atoms in total. The summed E-state index contributed by atoms with van der Waals surface area (Å²) in [5.74, 6) is 1.72. The van der Waals surface area contributed by atoms with Crippen molar-refractivity contribution in [1.82, 2.24) is 5.32 Å². The standard InChI is InChI=1S/C22H27NO4/c1-14(22-9-16-6-17(10-22)8-18(7-16)11-22)23-20(25)13-27-21(26)19-4-2-15(12-24)3-5-19/h2-5,12,14,16-18H,6-11,13H2,1H3,(H,23,25)/t14-,16?,17?,18?,22?/m0/s1. The summed E-state index contributed by atoms with van der Waals surface area (Å²) in [7, 11) is 0. The Balaban J connectivity index is 1.30. The Morgan fingerprint density at radius 3 is 2.19 bits per heavy atom. The van der Waals surface area contributed by atoms with E-state index in [2.05, 4.69) is 12.2 Å². The maximum atomic E-state index is 12.3. The van der Waals surface area contributed by atoms with E-state index in [0.717, 1.165) is 17.8 Å². The molecule has 5 rings (SSSR count). The number of nitrogens with one attached hydrogen (secondary N) is 1. The molecule has 1 amide bonds. The van der Waals surface area contributed by atoms with Gasteiger partial charge in [0, 0.05) is 11.6 Å². The smallest absolute Gasteiger partial charge is 0.338 e. The molecule has 0 radical (unpaired) electrons. The molecular formula is C22H27NO4. The van der Waals surface area contributed by atoms with Gasteiger partial charge in [0.15, 0.2) is 6.61 Å². The Bertz CT molecular complexity index is 704. The summed E-state index contributed by atoms with van der Waals surface area (Å²) < 4.78 is 5.14. The van der Waals surface area contributed by atoms with Gasteiger partial charge in [0.1, 0.15) is 6.29 Å². The predicted octanol–water partition coefficient (Wildman–Crippen LogP) is 3.38. The topological polar surface area (TPSA) is 72.5 Å². The average Bonchev–Trinajstić information content (AvgIpc) is 2.65. The Morgan fingerprint density at radius 1 is 1.11 bits per heavy atom. The van der Waals surface area contributed by atoms with Crippen LogP contribution in [0.1, 0.15) is 66.2 Å². The van der Waals surface area contributed by atoms with Gasteiger partial charge in [-0.05, 0) is 80.8 Å². The molecule has 1 aromatic rings. The van der Waals surface area contributed by atoms with Gasteiger partial charge in [0.25, 0.3) is 5.91 Å². The number of carbonyl (C=O) groups excluding carboxylic acids is 3. The van der Waals surface area contributed by atoms with Crippen LogP contribution in [0.3, 0.4) is 0 Å². The van der Waals surface area contributed by atoms with E-state index >= 15 is 0 Å². The monoisotopic (exact) mass is 369 g/mol. The molecule has 0 saturated heterocycles. The third kappa shape index (κ3) is 3.64. The van der Waals surface area contributed by atoms with Crippen molar-refractivity contribution in [3.63, 3.8) is 0 Å². The second-order valence-electron chi connectivity index (χ2n) is 8.89. The first-order chi connectivity index (χ1) is 13.0. The molecule has 1 N–H and O–H groups in total. The Labute approximate surface area is 159 Å². The average molecular weight is 369 g/mol. The van der Waals surface area contributed by atoms with E-state index in [-0.39, 0.29) is 24.0 Å². The minimum atomic E-state index is -0.551. The fourth-order valence-corrected chi connectivity index (χ4v) is 6.06. The number of rotatable bonds is 6. The van der Waals surface area contributed by atoms with E-state index in [1.54, 1.807) is 12.1 Å². The Hall–Kier alpha value is -2.17. The van der Waals surface area contributed by atoms with E-state index in [9.17, 15) is 14.4 Å². The largest absolute Gasteiger partial charge is 0.452 e. The number of amides is 1. The lowest BCUT2D eigenvalue weighted by Gasteiger charge is -2.59. The third-order valence-electron chi connectivity index (χ3n) is 7.00. The Kier molecular flexibility index (Phi) is 4.79. The molecule has 1 atom stereocenters. The Morgan fingerprint density at radius 2 is 1.67 bits per heavy atom. The SMILES string of the molecule is C[C@H](NC(=O)COC(=O)c1ccc(C=O)cc1)C12CC3CC(CC(C3)C1)C2. The molecule has 4 aliphatic rings. The second kappa shape index (κ2) is 7.10. The molecule has 144 valence electrons. The predicted molar refractivity (Wildman–Crippen MR) is 100 cm³/mol. The molecule has 27 heavy (non-hydrogen) atoms. The van der Waals surface area contributed by atoms with E-state index in [1.165, 1.54) is 50.7 Å². The number of carbonyl (C=O) groups is 3. The lowest BCUT2D eigenvalue weighted by atomic mass is 9.48. The summed E-state index contributed by atoms with van der Waals surface area (Å²) in [5, 5.41) is 3.10. The van der Waals surface area contributed by atoms with Crippen LogP contribution in [0.2, 0.25) is 0 Å². The van der Waals surface area contributed by atoms with Crippen LogP contribution in [0.25, 0.3) is 0 Å². The zero-order valence-electron chi connectivity index (χ0n) is 15.8. The van der Waals surface area contributed by atoms with Crippen LogP contribution in [0.5, 0.6) is 0 Å². The minimum absolute atomic E-state index is 0.115. The highest BCUT2D eigenvalue weighted by Crippen LogP contribution is 2.61. The van der Waals surface area contributed by atoms with Gasteiger partial charge >= 0.3 is 5.97 Å². The van der Waals surface area contributed by atoms with E-state index < -0.39 is 5.97 Å². The highest BCUT2D eigenvalue weighted by molar-refractivity contribution is 5.92. The first-order valence-corrected chi connectivity index (χ1v) is 9.99. The summed E-state index contributed by atoms with van der Waals surface area (Å²) in [6.45, 7) is 1.84. The fourth-order valence-electron chi connectivity index (χ4n) is 6.06. The summed E-state index contributed by atoms with van der Waals surface area (Å²) in [6, 6.07) is 6.28. The molecular weight excluding hydrogens is 342 g/mol. The third-order valence-corrected chi connectivity index (χ3v) is 7.00. The summed E-state index contributed by atoms with van der Waals surface area (Å²) in [4.78, 5) is 35.1. The molecule has 0 heterocycles. The number of aldehydes is 1. The van der Waals surface area contributed by atoms with Crippen LogP contribution in [-0.4, -0.2) is 30.8 Å². The van der Waals surface area contributed by atoms with Crippen molar-refractivity contribution in [3.8, 4) is 0 Å². The van der Waals surface area contributed by atoms with E-state index in [1.807, 2.05) is 0 Å². The number of ether oxygens (including phenoxy) is 1. The number of benzene rings is 1. The van der Waals surface area contributed by atoms with Crippen molar-refractivity contribution in [2.75, 3.05) is 6.61 Å².